The topological polar surface area (TPSA) is 133 Å². The third kappa shape index (κ3) is 4.61. The minimum absolute atomic E-state index is 0.0675. The van der Waals surface area contributed by atoms with Crippen LogP contribution in [0.2, 0.25) is 0 Å². The summed E-state index contributed by atoms with van der Waals surface area (Å²) < 4.78 is 37.9. The molecule has 11 heteroatoms. The van der Waals surface area contributed by atoms with E-state index < -0.39 is 15.7 Å². The minimum atomic E-state index is -3.41. The molecule has 0 unspecified atom stereocenters. The van der Waals surface area contributed by atoms with Crippen LogP contribution in [0.25, 0.3) is 0 Å². The third-order valence-corrected chi connectivity index (χ3v) is 5.07. The van der Waals surface area contributed by atoms with Crippen molar-refractivity contribution >= 4 is 27.3 Å². The molecule has 3 rings (SSSR count). The van der Waals surface area contributed by atoms with Gasteiger partial charge in [0.15, 0.2) is 21.5 Å². The molecule has 0 saturated heterocycles. The van der Waals surface area contributed by atoms with Gasteiger partial charge in [0, 0.05) is 32.0 Å². The molecule has 2 aromatic heterocycles. The number of aliphatic hydroxyl groups is 1. The van der Waals surface area contributed by atoms with Crippen molar-refractivity contribution in [2.45, 2.75) is 17.9 Å². The van der Waals surface area contributed by atoms with E-state index in [2.05, 4.69) is 30.8 Å². The molecule has 0 aliphatic heterocycles. The largest absolute Gasteiger partial charge is 0.396 e. The maximum absolute atomic E-state index is 14.1. The molecular formula is C17H19FN6O3S. The van der Waals surface area contributed by atoms with E-state index >= 15 is 0 Å². The maximum Gasteiger partial charge on any atom is 0.229 e. The number of nitrogens with one attached hydrogen (secondary N) is 3. The van der Waals surface area contributed by atoms with Gasteiger partial charge in [-0.3, -0.25) is 5.10 Å². The first-order valence-electron chi connectivity index (χ1n) is 8.33. The summed E-state index contributed by atoms with van der Waals surface area (Å²) in [5.41, 5.74) is 1.65. The Kier molecular flexibility index (Phi) is 5.85. The molecule has 0 atom stereocenters. The molecule has 0 aliphatic rings. The zero-order chi connectivity index (χ0) is 20.1. The summed E-state index contributed by atoms with van der Waals surface area (Å²) in [4.78, 5) is 8.15. The predicted octanol–water partition coefficient (Wildman–Crippen LogP) is 1.63. The first-order valence-corrected chi connectivity index (χ1v) is 10.2. The molecule has 0 amide bonds. The number of hydrogen-bond donors (Lipinski definition) is 4. The van der Waals surface area contributed by atoms with Gasteiger partial charge < -0.3 is 15.7 Å². The van der Waals surface area contributed by atoms with Crippen molar-refractivity contribution in [1.82, 2.24) is 20.2 Å². The molecule has 9 nitrogen and oxygen atoms in total. The van der Waals surface area contributed by atoms with Crippen molar-refractivity contribution < 1.29 is 17.9 Å². The van der Waals surface area contributed by atoms with E-state index in [4.69, 9.17) is 5.11 Å². The fourth-order valence-electron chi connectivity index (χ4n) is 2.59. The van der Waals surface area contributed by atoms with E-state index in [1.54, 1.807) is 24.4 Å². The number of nitrogens with zero attached hydrogens (tertiary/aromatic N) is 3. The Bertz CT molecular complexity index is 1070. The van der Waals surface area contributed by atoms with Gasteiger partial charge in [0.05, 0.1) is 22.5 Å². The van der Waals surface area contributed by atoms with E-state index in [9.17, 15) is 12.8 Å². The first kappa shape index (κ1) is 19.7. The molecule has 1 aromatic carbocycles. The van der Waals surface area contributed by atoms with Crippen LogP contribution in [-0.4, -0.2) is 46.6 Å². The van der Waals surface area contributed by atoms with Crippen LogP contribution in [-0.2, 0) is 22.8 Å². The van der Waals surface area contributed by atoms with Crippen molar-refractivity contribution in [3.63, 3.8) is 0 Å². The molecule has 4 N–H and O–H groups in total. The summed E-state index contributed by atoms with van der Waals surface area (Å²) in [5, 5.41) is 21.4. The van der Waals surface area contributed by atoms with Gasteiger partial charge in [-0.25, -0.2) is 17.8 Å². The number of benzene rings is 1. The van der Waals surface area contributed by atoms with E-state index in [1.165, 1.54) is 6.07 Å². The van der Waals surface area contributed by atoms with Gasteiger partial charge in [0.25, 0.3) is 0 Å². The average Bonchev–Trinajstić information content (AvgIpc) is 3.09. The molecule has 148 valence electrons. The van der Waals surface area contributed by atoms with Crippen LogP contribution in [0, 0.1) is 5.82 Å². The van der Waals surface area contributed by atoms with E-state index in [0.717, 1.165) is 12.5 Å². The van der Waals surface area contributed by atoms with Crippen LogP contribution < -0.4 is 10.6 Å². The summed E-state index contributed by atoms with van der Waals surface area (Å²) in [7, 11) is -3.41. The predicted molar refractivity (Wildman–Crippen MR) is 102 cm³/mol. The lowest BCUT2D eigenvalue weighted by Gasteiger charge is -2.11. The van der Waals surface area contributed by atoms with Crippen LogP contribution in [0.3, 0.4) is 0 Å². The molecule has 0 aliphatic carbocycles. The van der Waals surface area contributed by atoms with Crippen molar-refractivity contribution in [2.75, 3.05) is 23.5 Å². The number of rotatable bonds is 8. The molecule has 28 heavy (non-hydrogen) atoms. The van der Waals surface area contributed by atoms with Crippen LogP contribution in [0.4, 0.5) is 21.8 Å². The Morgan fingerprint density at radius 3 is 2.82 bits per heavy atom. The highest BCUT2D eigenvalue weighted by atomic mass is 32.2. The van der Waals surface area contributed by atoms with Gasteiger partial charge >= 0.3 is 0 Å². The van der Waals surface area contributed by atoms with Gasteiger partial charge in [0.2, 0.25) is 5.95 Å². The first-order chi connectivity index (χ1) is 13.4. The summed E-state index contributed by atoms with van der Waals surface area (Å²) in [5.74, 6) is -0.626. The average molecular weight is 406 g/mol. The fourth-order valence-corrected chi connectivity index (χ4v) is 3.53. The van der Waals surface area contributed by atoms with Crippen LogP contribution >= 0.6 is 0 Å². The number of sulfone groups is 1. The number of aliphatic hydroxyl groups excluding tert-OH is 1. The van der Waals surface area contributed by atoms with Crippen molar-refractivity contribution in [3.05, 3.63) is 53.7 Å². The third-order valence-electron chi connectivity index (χ3n) is 3.88. The Morgan fingerprint density at radius 2 is 2.07 bits per heavy atom. The molecule has 2 heterocycles. The highest BCUT2D eigenvalue weighted by Gasteiger charge is 2.14. The molecule has 0 fully saturated rings. The second-order valence-corrected chi connectivity index (χ2v) is 7.95. The summed E-state index contributed by atoms with van der Waals surface area (Å²) in [6.45, 7) is -0.00551. The van der Waals surface area contributed by atoms with E-state index in [0.29, 0.717) is 23.4 Å². The normalized spacial score (nSPS) is 11.4. The second-order valence-electron chi connectivity index (χ2n) is 5.97. The lowest BCUT2D eigenvalue weighted by molar-refractivity contribution is 0.298. The van der Waals surface area contributed by atoms with Crippen molar-refractivity contribution in [2.24, 2.45) is 0 Å². The fraction of sp³-hybridized carbons (Fsp3) is 0.235. The Balaban J connectivity index is 1.79. The van der Waals surface area contributed by atoms with Gasteiger partial charge in [-0.05, 0) is 11.6 Å². The Morgan fingerprint density at radius 1 is 1.29 bits per heavy atom. The highest BCUT2D eigenvalue weighted by Crippen LogP contribution is 2.21. The van der Waals surface area contributed by atoms with Crippen molar-refractivity contribution in [1.29, 1.82) is 0 Å². The highest BCUT2D eigenvalue weighted by molar-refractivity contribution is 7.90. The molecule has 0 spiro atoms. The Labute approximate surface area is 161 Å². The van der Waals surface area contributed by atoms with Crippen molar-refractivity contribution in [3.8, 4) is 0 Å². The Hall–Kier alpha value is -3.05. The number of anilines is 3. The SMILES string of the molecule is CS(=O)(=O)c1ccccc1CNc1nc(Nc2c[nH]nc2CCO)ncc1F. The zero-order valence-corrected chi connectivity index (χ0v) is 15.8. The number of aromatic amines is 1. The van der Waals surface area contributed by atoms with E-state index in [1.807, 2.05) is 0 Å². The number of halogens is 1. The second kappa shape index (κ2) is 8.31. The number of hydrogen-bond acceptors (Lipinski definition) is 8. The lowest BCUT2D eigenvalue weighted by atomic mass is 10.2. The van der Waals surface area contributed by atoms with Gasteiger partial charge in [-0.1, -0.05) is 18.2 Å². The summed E-state index contributed by atoms with van der Waals surface area (Å²) in [6, 6.07) is 6.48. The molecular weight excluding hydrogens is 387 g/mol. The van der Waals surface area contributed by atoms with Crippen LogP contribution in [0.15, 0.2) is 41.6 Å². The van der Waals surface area contributed by atoms with Gasteiger partial charge in [0.1, 0.15) is 0 Å². The zero-order valence-electron chi connectivity index (χ0n) is 15.0. The molecule has 0 radical (unpaired) electrons. The van der Waals surface area contributed by atoms with Gasteiger partial charge in [-0.15, -0.1) is 0 Å². The van der Waals surface area contributed by atoms with E-state index in [-0.39, 0.29) is 29.8 Å². The molecule has 0 bridgehead atoms. The molecule has 3 aromatic rings. The smallest absolute Gasteiger partial charge is 0.229 e. The van der Waals surface area contributed by atoms with Crippen LogP contribution in [0.1, 0.15) is 11.3 Å². The minimum Gasteiger partial charge on any atom is -0.396 e. The van der Waals surface area contributed by atoms with Gasteiger partial charge in [-0.2, -0.15) is 10.1 Å². The summed E-state index contributed by atoms with van der Waals surface area (Å²) >= 11 is 0. The monoisotopic (exact) mass is 406 g/mol. The molecule has 0 saturated carbocycles. The summed E-state index contributed by atoms with van der Waals surface area (Å²) in [6.07, 6.45) is 4.04. The quantitative estimate of drug-likeness (QED) is 0.444. The van der Waals surface area contributed by atoms with Crippen LogP contribution in [0.5, 0.6) is 0 Å². The lowest BCUT2D eigenvalue weighted by Crippen LogP contribution is -2.10. The standard InChI is InChI=1S/C17H19FN6O3S/c1-28(26,27)15-5-3-2-4-11(15)8-19-16-12(18)9-20-17(23-16)22-14-10-21-24-13(14)6-7-25/h2-5,9-10,25H,6-8H2,1H3,(H,21,24)(H2,19,20,22,23). The number of aromatic nitrogens is 4. The maximum atomic E-state index is 14.1. The number of H-pyrrole nitrogens is 1.